The predicted molar refractivity (Wildman–Crippen MR) is 224 cm³/mol. The zero-order valence-electron chi connectivity index (χ0n) is 35.2. The van der Waals surface area contributed by atoms with Gasteiger partial charge >= 0.3 is 18.0 Å². The summed E-state index contributed by atoms with van der Waals surface area (Å²) in [5.41, 5.74) is 11.6. The minimum absolute atomic E-state index is 0.0360. The molecule has 2 unspecified atom stereocenters. The summed E-state index contributed by atoms with van der Waals surface area (Å²) in [6.45, 7) is 0.363. The fourth-order valence-electron chi connectivity index (χ4n) is 6.27. The van der Waals surface area contributed by atoms with Gasteiger partial charge in [0.1, 0.15) is 36.0 Å². The Bertz CT molecular complexity index is 1780. The summed E-state index contributed by atoms with van der Waals surface area (Å²) >= 11 is 0. The normalized spacial score (nSPS) is 21.5. The molecule has 0 radical (unpaired) electrons. The van der Waals surface area contributed by atoms with Crippen LogP contribution >= 0.6 is 0 Å². The number of ketones is 1. The van der Waals surface area contributed by atoms with Crippen LogP contribution in [0.15, 0.2) is 30.3 Å². The molecule has 0 aromatic heterocycles. The first-order valence-corrected chi connectivity index (χ1v) is 20.5. The molecule has 24 heteroatoms. The minimum atomic E-state index is -1.83. The SMILES string of the molecule is CC(=O)CN1CNC(=O)NCCCC(=O)N[C@@H](CCC(=O)O)C(=O)NC(Cc2ccccc2)C(=O)N[C@@H](CCCNC(=N)N)C(=O)NC(CC(=O)O)C(=O)N[C@@H](CCCCN)C1=O. The highest BCUT2D eigenvalue weighted by molar-refractivity contribution is 5.98. The number of carboxylic acids is 2. The zero-order valence-corrected chi connectivity index (χ0v) is 35.2. The lowest BCUT2D eigenvalue weighted by Gasteiger charge is -2.29. The van der Waals surface area contributed by atoms with Gasteiger partial charge in [0, 0.05) is 32.4 Å². The molecule has 348 valence electrons. The first-order valence-electron chi connectivity index (χ1n) is 20.5. The first-order chi connectivity index (χ1) is 29.9. The number of nitrogens with zero attached hydrogens (tertiary/aromatic N) is 1. The lowest BCUT2D eigenvalue weighted by molar-refractivity contribution is -0.142. The number of urea groups is 1. The molecule has 8 amide bonds. The lowest BCUT2D eigenvalue weighted by atomic mass is 10.0. The van der Waals surface area contributed by atoms with E-state index in [-0.39, 0.29) is 70.5 Å². The molecule has 2 rings (SSSR count). The Kier molecular flexibility index (Phi) is 23.1. The Labute approximate surface area is 363 Å². The van der Waals surface area contributed by atoms with Crippen molar-refractivity contribution in [2.75, 3.05) is 32.8 Å². The van der Waals surface area contributed by atoms with Crippen molar-refractivity contribution in [3.05, 3.63) is 35.9 Å². The molecule has 63 heavy (non-hydrogen) atoms. The Morgan fingerprint density at radius 1 is 0.762 bits per heavy atom. The molecule has 1 aliphatic rings. The molecule has 1 heterocycles. The molecule has 0 spiro atoms. The molecule has 15 N–H and O–H groups in total. The van der Waals surface area contributed by atoms with E-state index in [9.17, 15) is 58.2 Å². The number of Topliss-reactive ketones (excluding diaryl/α,β-unsaturated/α-hetero) is 1. The maximum absolute atomic E-state index is 14.1. The van der Waals surface area contributed by atoms with Crippen molar-refractivity contribution in [1.82, 2.24) is 47.4 Å². The summed E-state index contributed by atoms with van der Waals surface area (Å²) in [4.78, 5) is 132. The number of aliphatic carboxylic acids is 2. The number of benzene rings is 1. The molecular weight excluding hydrogens is 829 g/mol. The average Bonchev–Trinajstić information content (AvgIpc) is 3.21. The number of carbonyl (C=O) groups excluding carboxylic acids is 8. The van der Waals surface area contributed by atoms with E-state index in [0.717, 1.165) is 4.90 Å². The van der Waals surface area contributed by atoms with Gasteiger partial charge < -0.3 is 69.1 Å². The standard InChI is InChI=1S/C39H60N12O12/c1-23(52)21-51-22-45-39(63)44-18-8-13-30(53)46-26(14-15-31(54)55)34(59)49-28(19-24-9-3-2-4-10-24)35(60)47-25(12-7-17-43-38(41)42)33(58)50-29(20-32(56)57)36(61)48-27(37(51)62)11-5-6-16-40/h2-4,9-10,25-29H,5-8,11-22,40H2,1H3,(H,46,53)(H,47,60)(H,48,61)(H,49,59)(H,50,58)(H,54,55)(H,56,57)(H4,41,42,43)(H2,44,45,63)/t25-,26-,27-,28?,29?/m0/s1. The van der Waals surface area contributed by atoms with Gasteiger partial charge in [-0.25, -0.2) is 4.79 Å². The van der Waals surface area contributed by atoms with E-state index >= 15 is 0 Å². The maximum Gasteiger partial charge on any atom is 0.316 e. The summed E-state index contributed by atoms with van der Waals surface area (Å²) in [6.07, 6.45) is -1.68. The number of nitrogens with one attached hydrogen (secondary N) is 9. The van der Waals surface area contributed by atoms with E-state index in [4.69, 9.17) is 16.9 Å². The van der Waals surface area contributed by atoms with E-state index < -0.39 is 115 Å². The van der Waals surface area contributed by atoms with Gasteiger partial charge in [-0.05, 0) is 64.0 Å². The van der Waals surface area contributed by atoms with Crippen LogP contribution < -0.4 is 54.0 Å². The Hall–Kier alpha value is -6.85. The van der Waals surface area contributed by atoms with Gasteiger partial charge in [-0.15, -0.1) is 0 Å². The van der Waals surface area contributed by atoms with E-state index in [1.165, 1.54) is 6.92 Å². The number of nitrogens with two attached hydrogens (primary N) is 2. The number of carbonyl (C=O) groups is 10. The van der Waals surface area contributed by atoms with Crippen molar-refractivity contribution < 1.29 is 58.2 Å². The highest BCUT2D eigenvalue weighted by Crippen LogP contribution is 2.10. The predicted octanol–water partition coefficient (Wildman–Crippen LogP) is -3.15. The van der Waals surface area contributed by atoms with Crippen molar-refractivity contribution in [3.8, 4) is 0 Å². The van der Waals surface area contributed by atoms with Gasteiger partial charge in [0.15, 0.2) is 5.96 Å². The first kappa shape index (κ1) is 52.3. The van der Waals surface area contributed by atoms with Crippen LogP contribution in [-0.2, 0) is 49.6 Å². The number of guanidine groups is 1. The molecular formula is C39H60N12O12. The Balaban J connectivity index is 2.66. The molecule has 0 bridgehead atoms. The summed E-state index contributed by atoms with van der Waals surface area (Å²) in [7, 11) is 0. The zero-order chi connectivity index (χ0) is 46.9. The number of hydrogen-bond acceptors (Lipinski definition) is 12. The average molecular weight is 889 g/mol. The van der Waals surface area contributed by atoms with Crippen LogP contribution in [0.1, 0.15) is 76.7 Å². The van der Waals surface area contributed by atoms with Crippen LogP contribution in [0, 0.1) is 5.41 Å². The lowest BCUT2D eigenvalue weighted by Crippen LogP contribution is -2.60. The molecule has 1 aromatic carbocycles. The van der Waals surface area contributed by atoms with Gasteiger partial charge in [0.25, 0.3) is 0 Å². The summed E-state index contributed by atoms with van der Waals surface area (Å²) in [5.74, 6) is -9.18. The van der Waals surface area contributed by atoms with Crippen LogP contribution in [0.2, 0.25) is 0 Å². The summed E-state index contributed by atoms with van der Waals surface area (Å²) < 4.78 is 0. The third-order valence-corrected chi connectivity index (χ3v) is 9.43. The second-order valence-corrected chi connectivity index (χ2v) is 14.8. The topological polar surface area (TPSA) is 387 Å². The molecule has 1 fully saturated rings. The summed E-state index contributed by atoms with van der Waals surface area (Å²) in [6, 6.07) is -0.0504. The number of rotatable bonds is 17. The number of unbranched alkanes of at least 4 members (excludes halogenated alkanes) is 1. The second-order valence-electron chi connectivity index (χ2n) is 14.8. The van der Waals surface area contributed by atoms with Crippen LogP contribution in [0.4, 0.5) is 4.79 Å². The van der Waals surface area contributed by atoms with Crippen molar-refractivity contribution in [1.29, 1.82) is 5.41 Å². The molecule has 5 atom stereocenters. The van der Waals surface area contributed by atoms with Crippen LogP contribution in [0.5, 0.6) is 0 Å². The van der Waals surface area contributed by atoms with E-state index in [0.29, 0.717) is 18.4 Å². The van der Waals surface area contributed by atoms with E-state index in [1.54, 1.807) is 30.3 Å². The van der Waals surface area contributed by atoms with E-state index in [1.807, 2.05) is 0 Å². The highest BCUT2D eigenvalue weighted by atomic mass is 16.4. The van der Waals surface area contributed by atoms with Crippen molar-refractivity contribution >= 4 is 65.2 Å². The fraction of sp³-hybridized carbons (Fsp3) is 0.564. The third kappa shape index (κ3) is 21.0. The minimum Gasteiger partial charge on any atom is -0.481 e. The van der Waals surface area contributed by atoms with Crippen LogP contribution in [-0.4, -0.2) is 143 Å². The smallest absolute Gasteiger partial charge is 0.316 e. The Morgan fingerprint density at radius 3 is 1.97 bits per heavy atom. The van der Waals surface area contributed by atoms with Crippen LogP contribution in [0.25, 0.3) is 0 Å². The molecule has 1 aromatic rings. The highest BCUT2D eigenvalue weighted by Gasteiger charge is 2.35. The Morgan fingerprint density at radius 2 is 1.35 bits per heavy atom. The molecule has 0 saturated carbocycles. The molecule has 24 nitrogen and oxygen atoms in total. The number of hydrogen-bond donors (Lipinski definition) is 13. The van der Waals surface area contributed by atoms with Crippen molar-refractivity contribution in [2.24, 2.45) is 11.5 Å². The van der Waals surface area contributed by atoms with Gasteiger partial charge in [0.2, 0.25) is 35.4 Å². The van der Waals surface area contributed by atoms with Gasteiger partial charge in [0.05, 0.1) is 19.6 Å². The quantitative estimate of drug-likeness (QED) is 0.0418. The van der Waals surface area contributed by atoms with Crippen molar-refractivity contribution in [2.45, 2.75) is 108 Å². The third-order valence-electron chi connectivity index (χ3n) is 9.43. The van der Waals surface area contributed by atoms with Crippen molar-refractivity contribution in [3.63, 3.8) is 0 Å². The molecule has 0 aliphatic carbocycles. The molecule has 1 saturated heterocycles. The van der Waals surface area contributed by atoms with Gasteiger partial charge in [-0.2, -0.15) is 0 Å². The largest absolute Gasteiger partial charge is 0.481 e. The number of carboxylic acid groups (broad SMARTS) is 2. The number of amides is 8. The summed E-state index contributed by atoms with van der Waals surface area (Å²) in [5, 5.41) is 46.5. The molecule has 1 aliphatic heterocycles. The van der Waals surface area contributed by atoms with Crippen LogP contribution in [0.3, 0.4) is 0 Å². The van der Waals surface area contributed by atoms with Gasteiger partial charge in [-0.1, -0.05) is 30.3 Å². The van der Waals surface area contributed by atoms with E-state index in [2.05, 4.69) is 42.5 Å². The monoisotopic (exact) mass is 888 g/mol. The maximum atomic E-state index is 14.1. The van der Waals surface area contributed by atoms with Gasteiger partial charge in [-0.3, -0.25) is 48.6 Å². The second kappa shape index (κ2) is 27.9. The fourth-order valence-corrected chi connectivity index (χ4v) is 6.27.